The molecule has 2 aliphatic heterocycles. The van der Waals surface area contributed by atoms with Gasteiger partial charge in [0.2, 0.25) is 0 Å². The largest absolute Gasteiger partial charge is 0.376 e. The van der Waals surface area contributed by atoms with Crippen LogP contribution < -0.4 is 20.6 Å². The first-order valence-corrected chi connectivity index (χ1v) is 25.5. The summed E-state index contributed by atoms with van der Waals surface area (Å²) in [5.41, 5.74) is 27.8. The summed E-state index contributed by atoms with van der Waals surface area (Å²) in [5, 5.41) is 0. The molecule has 2 nitrogen and oxygen atoms in total. The van der Waals surface area contributed by atoms with Gasteiger partial charge in [-0.2, -0.15) is 0 Å². The maximum atomic E-state index is 2.76. The van der Waals surface area contributed by atoms with Crippen molar-refractivity contribution in [3.05, 3.63) is 197 Å². The molecule has 0 saturated carbocycles. The van der Waals surface area contributed by atoms with Gasteiger partial charge in [0.15, 0.2) is 0 Å². The number of hydrogen-bond acceptors (Lipinski definition) is 2. The van der Waals surface area contributed by atoms with Crippen LogP contribution >= 0.6 is 0 Å². The van der Waals surface area contributed by atoms with Crippen molar-refractivity contribution < 1.29 is 0 Å². The maximum Gasteiger partial charge on any atom is 0.333 e. The Kier molecular flexibility index (Phi) is 9.79. The molecule has 69 heavy (non-hydrogen) atoms. The first-order valence-electron chi connectivity index (χ1n) is 25.5. The third-order valence-corrected chi connectivity index (χ3v) is 17.2. The molecule has 4 aliphatic rings. The Labute approximate surface area is 412 Å². The zero-order valence-corrected chi connectivity index (χ0v) is 42.4. The maximum absolute atomic E-state index is 2.76. The molecule has 2 aliphatic carbocycles. The van der Waals surface area contributed by atoms with Gasteiger partial charge in [0, 0.05) is 34.0 Å². The number of anilines is 5. The summed E-state index contributed by atoms with van der Waals surface area (Å²) in [5.74, 6) is 0. The smallest absolute Gasteiger partial charge is 0.333 e. The van der Waals surface area contributed by atoms with E-state index < -0.39 is 0 Å². The van der Waals surface area contributed by atoms with Crippen molar-refractivity contribution in [2.24, 2.45) is 0 Å². The highest BCUT2D eigenvalue weighted by atomic mass is 15.2. The monoisotopic (exact) mass is 897 g/mol. The lowest BCUT2D eigenvalue weighted by atomic mass is 9.42. The van der Waals surface area contributed by atoms with Gasteiger partial charge < -0.3 is 9.71 Å². The lowest BCUT2D eigenvalue weighted by Crippen LogP contribution is -2.62. The molecule has 0 bridgehead atoms. The molecule has 8 aromatic rings. The molecule has 342 valence electrons. The molecule has 8 aromatic carbocycles. The second-order valence-corrected chi connectivity index (χ2v) is 23.6. The van der Waals surface area contributed by atoms with Crippen molar-refractivity contribution in [3.8, 4) is 44.5 Å². The number of hydrogen-bond donors (Lipinski definition) is 0. The topological polar surface area (TPSA) is 6.48 Å². The van der Waals surface area contributed by atoms with Crippen LogP contribution in [0.1, 0.15) is 114 Å². The van der Waals surface area contributed by atoms with Gasteiger partial charge in [0.1, 0.15) is 0 Å². The third kappa shape index (κ3) is 6.89. The third-order valence-electron chi connectivity index (χ3n) is 17.2. The van der Waals surface area contributed by atoms with E-state index in [0.717, 1.165) is 25.7 Å². The molecule has 0 N–H and O–H groups in total. The Balaban J connectivity index is 1.22. The molecule has 0 amide bonds. The lowest BCUT2D eigenvalue weighted by molar-refractivity contribution is 0.332. The number of nitrogens with zero attached hydrogens (tertiary/aromatic N) is 2. The van der Waals surface area contributed by atoms with Gasteiger partial charge in [0.25, 0.3) is 0 Å². The molecule has 0 fully saturated rings. The van der Waals surface area contributed by atoms with E-state index in [9.17, 15) is 0 Å². The zero-order chi connectivity index (χ0) is 47.8. The Morgan fingerprint density at radius 2 is 0.870 bits per heavy atom. The average molecular weight is 897 g/mol. The van der Waals surface area contributed by atoms with E-state index >= 15 is 0 Å². The van der Waals surface area contributed by atoms with Crippen LogP contribution in [0.4, 0.5) is 28.4 Å². The van der Waals surface area contributed by atoms with E-state index in [4.69, 9.17) is 0 Å². The van der Waals surface area contributed by atoms with Gasteiger partial charge in [-0.3, -0.25) is 0 Å². The first-order chi connectivity index (χ1) is 33.0. The van der Waals surface area contributed by atoms with E-state index in [1.165, 1.54) is 117 Å². The van der Waals surface area contributed by atoms with Crippen LogP contribution in [0, 0.1) is 13.8 Å². The number of fused-ring (bicyclic) bond motifs is 6. The predicted octanol–water partition coefficient (Wildman–Crippen LogP) is 16.7. The molecule has 0 atom stereocenters. The Morgan fingerprint density at radius 1 is 0.362 bits per heavy atom. The minimum atomic E-state index is -0.0879. The van der Waals surface area contributed by atoms with Gasteiger partial charge in [-0.1, -0.05) is 165 Å². The zero-order valence-electron chi connectivity index (χ0n) is 42.4. The fraction of sp³-hybridized carbons (Fsp3) is 0.273. The molecule has 2 heterocycles. The Bertz CT molecular complexity index is 3360. The van der Waals surface area contributed by atoms with Crippen molar-refractivity contribution in [1.82, 2.24) is 0 Å². The normalized spacial score (nSPS) is 17.6. The molecular formula is C66H65BN2. The highest BCUT2D eigenvalue weighted by molar-refractivity contribution is 6.93. The molecular weight excluding hydrogens is 832 g/mol. The van der Waals surface area contributed by atoms with Gasteiger partial charge in [-0.15, -0.1) is 0 Å². The van der Waals surface area contributed by atoms with Crippen molar-refractivity contribution in [3.63, 3.8) is 0 Å². The Hall–Kier alpha value is -6.58. The number of benzene rings is 8. The van der Waals surface area contributed by atoms with Crippen LogP contribution in [-0.2, 0) is 21.7 Å². The summed E-state index contributed by atoms with van der Waals surface area (Å²) in [6.45, 7) is 24.3. The summed E-state index contributed by atoms with van der Waals surface area (Å²) in [6.07, 6.45) is 4.64. The van der Waals surface area contributed by atoms with Gasteiger partial charge in [-0.05, 0) is 199 Å². The van der Waals surface area contributed by atoms with Crippen LogP contribution in [0.2, 0.25) is 0 Å². The average Bonchev–Trinajstić information content (AvgIpc) is 3.35. The van der Waals surface area contributed by atoms with Crippen molar-refractivity contribution in [2.75, 3.05) is 9.71 Å². The summed E-state index contributed by atoms with van der Waals surface area (Å²) in [6, 6.07) is 63.1. The highest BCUT2D eigenvalue weighted by Gasteiger charge is 2.49. The van der Waals surface area contributed by atoms with Gasteiger partial charge >= 0.3 is 6.85 Å². The summed E-state index contributed by atoms with van der Waals surface area (Å²) >= 11 is 0. The van der Waals surface area contributed by atoms with Crippen LogP contribution in [0.15, 0.2) is 164 Å². The summed E-state index contributed by atoms with van der Waals surface area (Å²) in [4.78, 5) is 5.44. The van der Waals surface area contributed by atoms with Crippen LogP contribution in [0.3, 0.4) is 0 Å². The lowest BCUT2D eigenvalue weighted by Gasteiger charge is -2.50. The second kappa shape index (κ2) is 15.5. The summed E-state index contributed by atoms with van der Waals surface area (Å²) in [7, 11) is 0. The summed E-state index contributed by atoms with van der Waals surface area (Å²) < 4.78 is 0. The van der Waals surface area contributed by atoms with E-state index in [1.807, 2.05) is 0 Å². The first kappa shape index (κ1) is 43.7. The molecule has 0 aromatic heterocycles. The van der Waals surface area contributed by atoms with E-state index in [1.54, 1.807) is 0 Å². The van der Waals surface area contributed by atoms with E-state index in [-0.39, 0.29) is 28.5 Å². The van der Waals surface area contributed by atoms with Crippen LogP contribution in [-0.4, -0.2) is 6.85 Å². The van der Waals surface area contributed by atoms with Crippen LogP contribution in [0.5, 0.6) is 0 Å². The van der Waals surface area contributed by atoms with Crippen molar-refractivity contribution in [1.29, 1.82) is 0 Å². The Morgan fingerprint density at radius 3 is 1.46 bits per heavy atom. The molecule has 12 rings (SSSR count). The van der Waals surface area contributed by atoms with E-state index in [0.29, 0.717) is 0 Å². The van der Waals surface area contributed by atoms with Crippen molar-refractivity contribution >= 4 is 46.2 Å². The minimum Gasteiger partial charge on any atom is -0.376 e. The molecule has 0 saturated heterocycles. The number of rotatable bonds is 5. The fourth-order valence-corrected chi connectivity index (χ4v) is 12.8. The fourth-order valence-electron chi connectivity index (χ4n) is 12.8. The van der Waals surface area contributed by atoms with E-state index in [2.05, 4.69) is 243 Å². The minimum absolute atomic E-state index is 0.0236. The standard InChI is InChI=1S/C66H65BN2/c1-42-19-17-18-24-50(42)48-36-52-51-38-53-55(65(7,8)33-31-63(53,3)4)40-59(51)69(49-28-25-46(26-29-49)44-20-13-11-14-21-44)67-57-39-54-56(66(9,10)34-32-64(54,5)6)41-60(57)68(61(37-48)62(52)67)58-30-27-47(35-43(58)2)45-22-15-12-16-23-45/h11-30,35-41H,31-34H2,1-10H3. The highest BCUT2D eigenvalue weighted by Crippen LogP contribution is 2.55. The quantitative estimate of drug-likeness (QED) is 0.159. The van der Waals surface area contributed by atoms with Crippen LogP contribution in [0.25, 0.3) is 44.5 Å². The van der Waals surface area contributed by atoms with Crippen molar-refractivity contribution in [2.45, 2.75) is 117 Å². The molecule has 0 radical (unpaired) electrons. The predicted molar refractivity (Wildman–Crippen MR) is 297 cm³/mol. The molecule has 3 heteroatoms. The van der Waals surface area contributed by atoms with Gasteiger partial charge in [0.05, 0.1) is 0 Å². The SMILES string of the molecule is Cc1ccccc1-c1cc2c3c(c1)N(c1ccc(-c4ccccc4)cc1C)c1cc4c(cc1B3N(c1ccc(-c3ccccc3)cc1)c1cc3c(cc1-2)C(C)(C)CCC3(C)C)C(C)(C)CCC4(C)C. The number of aryl methyl sites for hydroxylation is 2. The molecule has 0 unspecified atom stereocenters. The second-order valence-electron chi connectivity index (χ2n) is 23.6. The van der Waals surface area contributed by atoms with Gasteiger partial charge in [-0.25, -0.2) is 0 Å². The molecule has 0 spiro atoms.